The first-order valence-corrected chi connectivity index (χ1v) is 6.23. The molecule has 0 heterocycles. The molecule has 1 fully saturated rings. The second kappa shape index (κ2) is 6.21. The van der Waals surface area contributed by atoms with Crippen molar-refractivity contribution in [2.45, 2.75) is 51.2 Å². The zero-order valence-electron chi connectivity index (χ0n) is 10.4. The van der Waals surface area contributed by atoms with Crippen LogP contribution >= 0.6 is 0 Å². The number of likely N-dealkylation sites (N-methyl/N-ethyl adjacent to an activating group) is 1. The highest BCUT2D eigenvalue weighted by Crippen LogP contribution is 2.25. The van der Waals surface area contributed by atoms with Gasteiger partial charge in [0.05, 0.1) is 12.1 Å². The van der Waals surface area contributed by atoms with E-state index in [2.05, 4.69) is 0 Å². The Morgan fingerprint density at radius 3 is 2.62 bits per heavy atom. The second-order valence-electron chi connectivity index (χ2n) is 4.88. The number of primary amides is 1. The number of aliphatic hydroxyl groups excluding tert-OH is 1. The molecule has 0 aromatic heterocycles. The smallest absolute Gasteiger partial charge is 0.234 e. The molecule has 0 aromatic rings. The van der Waals surface area contributed by atoms with Gasteiger partial charge in [-0.05, 0) is 32.2 Å². The summed E-state index contributed by atoms with van der Waals surface area (Å²) in [6, 6.07) is -0.200. The Morgan fingerprint density at radius 1 is 1.50 bits per heavy atom. The van der Waals surface area contributed by atoms with Crippen LogP contribution in [-0.4, -0.2) is 41.7 Å². The number of hydrogen-bond acceptors (Lipinski definition) is 3. The van der Waals surface area contributed by atoms with Crippen LogP contribution in [0.25, 0.3) is 0 Å². The molecule has 94 valence electrons. The van der Waals surface area contributed by atoms with Crippen molar-refractivity contribution >= 4 is 5.91 Å². The monoisotopic (exact) mass is 228 g/mol. The topological polar surface area (TPSA) is 66.6 Å². The number of carbonyl (C=O) groups is 1. The van der Waals surface area contributed by atoms with Crippen molar-refractivity contribution in [2.75, 3.05) is 13.6 Å². The molecule has 0 spiro atoms. The standard InChI is InChI=1S/C12H24N2O2/c1-3-10(12(13)16)14(2)8-9-6-4-5-7-11(9)15/h9-11,15H,3-8H2,1-2H3,(H2,13,16)/t9-,10+,11+/m0/s1. The van der Waals surface area contributed by atoms with Crippen molar-refractivity contribution in [3.8, 4) is 0 Å². The van der Waals surface area contributed by atoms with Crippen LogP contribution in [0.2, 0.25) is 0 Å². The van der Waals surface area contributed by atoms with E-state index in [1.54, 1.807) is 0 Å². The molecule has 1 rings (SSSR count). The fourth-order valence-electron chi connectivity index (χ4n) is 2.63. The quantitative estimate of drug-likeness (QED) is 0.729. The third-order valence-corrected chi connectivity index (χ3v) is 3.64. The first kappa shape index (κ1) is 13.5. The molecule has 3 N–H and O–H groups in total. The fourth-order valence-corrected chi connectivity index (χ4v) is 2.63. The van der Waals surface area contributed by atoms with Gasteiger partial charge in [-0.25, -0.2) is 0 Å². The molecule has 1 aliphatic carbocycles. The van der Waals surface area contributed by atoms with Crippen LogP contribution in [0.4, 0.5) is 0 Å². The van der Waals surface area contributed by atoms with E-state index in [-0.39, 0.29) is 18.1 Å². The normalized spacial score (nSPS) is 28.0. The Kier molecular flexibility index (Phi) is 5.22. The number of hydrogen-bond donors (Lipinski definition) is 2. The van der Waals surface area contributed by atoms with Crippen LogP contribution in [0.1, 0.15) is 39.0 Å². The van der Waals surface area contributed by atoms with Crippen LogP contribution in [0.3, 0.4) is 0 Å². The van der Waals surface area contributed by atoms with E-state index in [0.717, 1.165) is 32.2 Å². The number of nitrogens with zero attached hydrogens (tertiary/aromatic N) is 1. The lowest BCUT2D eigenvalue weighted by molar-refractivity contribution is -0.123. The van der Waals surface area contributed by atoms with Crippen molar-refractivity contribution in [1.82, 2.24) is 4.90 Å². The molecule has 1 saturated carbocycles. The zero-order chi connectivity index (χ0) is 12.1. The highest BCUT2D eigenvalue weighted by molar-refractivity contribution is 5.79. The summed E-state index contributed by atoms with van der Waals surface area (Å²) >= 11 is 0. The predicted molar refractivity (Wildman–Crippen MR) is 63.9 cm³/mol. The Bertz CT molecular complexity index is 233. The van der Waals surface area contributed by atoms with Gasteiger partial charge >= 0.3 is 0 Å². The lowest BCUT2D eigenvalue weighted by Gasteiger charge is -2.33. The fraction of sp³-hybridized carbons (Fsp3) is 0.917. The van der Waals surface area contributed by atoms with E-state index < -0.39 is 0 Å². The molecule has 16 heavy (non-hydrogen) atoms. The van der Waals surface area contributed by atoms with Crippen LogP contribution in [-0.2, 0) is 4.79 Å². The van der Waals surface area contributed by atoms with Gasteiger partial charge in [-0.15, -0.1) is 0 Å². The van der Waals surface area contributed by atoms with Crippen molar-refractivity contribution < 1.29 is 9.90 Å². The molecule has 0 saturated heterocycles. The molecule has 0 radical (unpaired) electrons. The summed E-state index contributed by atoms with van der Waals surface area (Å²) in [6.07, 6.45) is 4.78. The van der Waals surface area contributed by atoms with Crippen LogP contribution in [0.5, 0.6) is 0 Å². The average Bonchev–Trinajstić information content (AvgIpc) is 2.22. The van der Waals surface area contributed by atoms with Gasteiger partial charge in [0.15, 0.2) is 0 Å². The minimum absolute atomic E-state index is 0.200. The molecule has 0 unspecified atom stereocenters. The minimum atomic E-state index is -0.268. The maximum Gasteiger partial charge on any atom is 0.234 e. The van der Waals surface area contributed by atoms with Crippen LogP contribution < -0.4 is 5.73 Å². The van der Waals surface area contributed by atoms with Crippen LogP contribution in [0, 0.1) is 5.92 Å². The van der Waals surface area contributed by atoms with E-state index in [9.17, 15) is 9.90 Å². The van der Waals surface area contributed by atoms with Crippen LogP contribution in [0.15, 0.2) is 0 Å². The molecule has 1 amide bonds. The van der Waals surface area contributed by atoms with Crippen molar-refractivity contribution in [3.05, 3.63) is 0 Å². The van der Waals surface area contributed by atoms with E-state index >= 15 is 0 Å². The van der Waals surface area contributed by atoms with Crippen molar-refractivity contribution in [1.29, 1.82) is 0 Å². The van der Waals surface area contributed by atoms with Gasteiger partial charge in [-0.3, -0.25) is 9.69 Å². The highest BCUT2D eigenvalue weighted by atomic mass is 16.3. The lowest BCUT2D eigenvalue weighted by atomic mass is 9.86. The number of aliphatic hydroxyl groups is 1. The molecular weight excluding hydrogens is 204 g/mol. The zero-order valence-corrected chi connectivity index (χ0v) is 10.4. The van der Waals surface area contributed by atoms with E-state index in [1.807, 2.05) is 18.9 Å². The van der Waals surface area contributed by atoms with Gasteiger partial charge < -0.3 is 10.8 Å². The van der Waals surface area contributed by atoms with Crippen molar-refractivity contribution in [2.24, 2.45) is 11.7 Å². The number of amides is 1. The number of rotatable bonds is 5. The summed E-state index contributed by atoms with van der Waals surface area (Å²) in [5.74, 6) is 0.0300. The summed E-state index contributed by atoms with van der Waals surface area (Å²) in [5.41, 5.74) is 5.34. The number of carbonyl (C=O) groups excluding carboxylic acids is 1. The first-order chi connectivity index (χ1) is 7.56. The number of nitrogens with two attached hydrogens (primary N) is 1. The van der Waals surface area contributed by atoms with E-state index in [1.165, 1.54) is 6.42 Å². The summed E-state index contributed by atoms with van der Waals surface area (Å²) in [6.45, 7) is 2.73. The second-order valence-corrected chi connectivity index (χ2v) is 4.88. The maximum atomic E-state index is 11.2. The third-order valence-electron chi connectivity index (χ3n) is 3.64. The van der Waals surface area contributed by atoms with E-state index in [4.69, 9.17) is 5.73 Å². The lowest BCUT2D eigenvalue weighted by Crippen LogP contribution is -2.46. The van der Waals surface area contributed by atoms with Crippen molar-refractivity contribution in [3.63, 3.8) is 0 Å². The molecule has 4 nitrogen and oxygen atoms in total. The molecule has 4 heteroatoms. The molecule has 3 atom stereocenters. The third kappa shape index (κ3) is 3.46. The average molecular weight is 228 g/mol. The predicted octanol–water partition coefficient (Wildman–Crippen LogP) is 0.733. The van der Waals surface area contributed by atoms with Gasteiger partial charge in [0.2, 0.25) is 5.91 Å². The first-order valence-electron chi connectivity index (χ1n) is 6.23. The van der Waals surface area contributed by atoms with E-state index in [0.29, 0.717) is 5.92 Å². The highest BCUT2D eigenvalue weighted by Gasteiger charge is 2.27. The van der Waals surface area contributed by atoms with Gasteiger partial charge in [0, 0.05) is 6.54 Å². The minimum Gasteiger partial charge on any atom is -0.393 e. The molecule has 0 aromatic carbocycles. The Morgan fingerprint density at radius 2 is 2.12 bits per heavy atom. The van der Waals surface area contributed by atoms with Gasteiger partial charge in [-0.2, -0.15) is 0 Å². The van der Waals surface area contributed by atoms with Gasteiger partial charge in [0.1, 0.15) is 0 Å². The Hall–Kier alpha value is -0.610. The SMILES string of the molecule is CC[C@H](C(N)=O)N(C)C[C@@H]1CCCC[C@H]1O. The molecule has 0 aliphatic heterocycles. The largest absolute Gasteiger partial charge is 0.393 e. The summed E-state index contributed by atoms with van der Waals surface area (Å²) in [5, 5.41) is 9.87. The van der Waals surface area contributed by atoms with Gasteiger partial charge in [-0.1, -0.05) is 19.8 Å². The molecular formula is C12H24N2O2. The van der Waals surface area contributed by atoms with Gasteiger partial charge in [0.25, 0.3) is 0 Å². The summed E-state index contributed by atoms with van der Waals surface area (Å²) in [4.78, 5) is 13.2. The summed E-state index contributed by atoms with van der Waals surface area (Å²) < 4.78 is 0. The Labute approximate surface area is 97.8 Å². The maximum absolute atomic E-state index is 11.2. The molecule has 1 aliphatic rings. The Balaban J connectivity index is 2.48. The summed E-state index contributed by atoms with van der Waals surface area (Å²) in [7, 11) is 1.92. The molecule has 0 bridgehead atoms.